The Labute approximate surface area is 99.0 Å². The van der Waals surface area contributed by atoms with Crippen LogP contribution in [0.25, 0.3) is 0 Å². The Morgan fingerprint density at radius 2 is 2.33 bits per heavy atom. The molecule has 1 amide bonds. The molecule has 15 heavy (non-hydrogen) atoms. The molecule has 0 radical (unpaired) electrons. The number of rotatable bonds is 4. The van der Waals surface area contributed by atoms with E-state index >= 15 is 0 Å². The van der Waals surface area contributed by atoms with E-state index in [1.807, 2.05) is 0 Å². The average Bonchev–Trinajstić information content (AvgIpc) is 2.49. The van der Waals surface area contributed by atoms with Crippen molar-refractivity contribution in [3.8, 4) is 0 Å². The molecule has 0 saturated carbocycles. The van der Waals surface area contributed by atoms with E-state index in [0.717, 1.165) is 0 Å². The van der Waals surface area contributed by atoms with Crippen LogP contribution >= 0.6 is 15.9 Å². The predicted molar refractivity (Wildman–Crippen MR) is 62.3 cm³/mol. The SMILES string of the molecule is CC(CS(C)=O)NC(=O)c1ccc(Br)o1. The molecule has 0 bridgehead atoms. The molecule has 4 nitrogen and oxygen atoms in total. The molecule has 0 saturated heterocycles. The van der Waals surface area contributed by atoms with Gasteiger partial charge in [-0.1, -0.05) is 0 Å². The van der Waals surface area contributed by atoms with Crippen molar-refractivity contribution >= 4 is 32.6 Å². The summed E-state index contributed by atoms with van der Waals surface area (Å²) in [4.78, 5) is 11.5. The lowest BCUT2D eigenvalue weighted by molar-refractivity contribution is 0.0914. The highest BCUT2D eigenvalue weighted by Gasteiger charge is 2.13. The maximum Gasteiger partial charge on any atom is 0.287 e. The lowest BCUT2D eigenvalue weighted by Gasteiger charge is -2.10. The smallest absolute Gasteiger partial charge is 0.287 e. The summed E-state index contributed by atoms with van der Waals surface area (Å²) < 4.78 is 16.5. The van der Waals surface area contributed by atoms with Crippen molar-refractivity contribution in [2.75, 3.05) is 12.0 Å². The second-order valence-electron chi connectivity index (χ2n) is 3.22. The summed E-state index contributed by atoms with van der Waals surface area (Å²) in [7, 11) is -0.918. The average molecular weight is 294 g/mol. The maximum absolute atomic E-state index is 11.5. The number of halogens is 1. The minimum Gasteiger partial charge on any atom is -0.444 e. The van der Waals surface area contributed by atoms with Crippen LogP contribution < -0.4 is 5.32 Å². The molecule has 1 aromatic rings. The fraction of sp³-hybridized carbons (Fsp3) is 0.444. The number of furan rings is 1. The summed E-state index contributed by atoms with van der Waals surface area (Å²) in [6.45, 7) is 1.80. The van der Waals surface area contributed by atoms with E-state index in [-0.39, 0.29) is 17.7 Å². The van der Waals surface area contributed by atoms with Crippen molar-refractivity contribution < 1.29 is 13.4 Å². The van der Waals surface area contributed by atoms with Gasteiger partial charge in [0, 0.05) is 28.9 Å². The molecule has 0 aliphatic rings. The van der Waals surface area contributed by atoms with Gasteiger partial charge in [0.2, 0.25) is 0 Å². The fourth-order valence-electron chi connectivity index (χ4n) is 1.12. The third kappa shape index (κ3) is 4.17. The number of nitrogens with one attached hydrogen (secondary N) is 1. The molecule has 2 atom stereocenters. The van der Waals surface area contributed by atoms with E-state index in [1.54, 1.807) is 25.3 Å². The van der Waals surface area contributed by atoms with E-state index in [9.17, 15) is 9.00 Å². The quantitative estimate of drug-likeness (QED) is 0.916. The molecule has 0 spiro atoms. The van der Waals surface area contributed by atoms with Gasteiger partial charge >= 0.3 is 0 Å². The van der Waals surface area contributed by atoms with Gasteiger partial charge in [0.15, 0.2) is 10.4 Å². The number of hydrogen-bond donors (Lipinski definition) is 1. The molecule has 1 aromatic heterocycles. The molecule has 6 heteroatoms. The lowest BCUT2D eigenvalue weighted by Crippen LogP contribution is -2.35. The Balaban J connectivity index is 2.52. The summed E-state index contributed by atoms with van der Waals surface area (Å²) in [6.07, 6.45) is 1.60. The predicted octanol–water partition coefficient (Wildman–Crippen LogP) is 1.54. The molecule has 1 heterocycles. The van der Waals surface area contributed by atoms with E-state index in [0.29, 0.717) is 10.4 Å². The van der Waals surface area contributed by atoms with Crippen molar-refractivity contribution in [2.45, 2.75) is 13.0 Å². The summed E-state index contributed by atoms with van der Waals surface area (Å²) in [6, 6.07) is 3.10. The maximum atomic E-state index is 11.5. The van der Waals surface area contributed by atoms with Gasteiger partial charge in [0.1, 0.15) is 0 Å². The van der Waals surface area contributed by atoms with Gasteiger partial charge in [0.25, 0.3) is 5.91 Å². The fourth-order valence-corrected chi connectivity index (χ4v) is 2.22. The number of amides is 1. The van der Waals surface area contributed by atoms with E-state index in [1.165, 1.54) is 0 Å². The van der Waals surface area contributed by atoms with Crippen LogP contribution in [-0.2, 0) is 10.8 Å². The summed E-state index contributed by atoms with van der Waals surface area (Å²) in [5, 5.41) is 2.69. The monoisotopic (exact) mass is 293 g/mol. The van der Waals surface area contributed by atoms with Gasteiger partial charge in [0.05, 0.1) is 0 Å². The lowest BCUT2D eigenvalue weighted by atomic mass is 10.3. The van der Waals surface area contributed by atoms with Crippen LogP contribution in [0, 0.1) is 0 Å². The molecule has 1 N–H and O–H groups in total. The standard InChI is InChI=1S/C9H12BrNO3S/c1-6(5-15(2)13)11-9(12)7-3-4-8(10)14-7/h3-4,6H,5H2,1-2H3,(H,11,12). The van der Waals surface area contributed by atoms with Crippen molar-refractivity contribution in [3.63, 3.8) is 0 Å². The van der Waals surface area contributed by atoms with E-state index in [4.69, 9.17) is 4.42 Å². The van der Waals surface area contributed by atoms with Crippen molar-refractivity contribution in [1.82, 2.24) is 5.32 Å². The number of carbonyl (C=O) groups excluding carboxylic acids is 1. The highest BCUT2D eigenvalue weighted by Crippen LogP contribution is 2.13. The third-order valence-electron chi connectivity index (χ3n) is 1.66. The molecule has 0 aliphatic carbocycles. The molecular weight excluding hydrogens is 282 g/mol. The van der Waals surface area contributed by atoms with Crippen molar-refractivity contribution in [1.29, 1.82) is 0 Å². The van der Waals surface area contributed by atoms with Crippen LogP contribution in [0.5, 0.6) is 0 Å². The largest absolute Gasteiger partial charge is 0.444 e. The first-order chi connectivity index (χ1) is 6.99. The second kappa shape index (κ2) is 5.46. The number of carbonyl (C=O) groups is 1. The van der Waals surface area contributed by atoms with E-state index < -0.39 is 10.8 Å². The number of hydrogen-bond acceptors (Lipinski definition) is 3. The minimum absolute atomic E-state index is 0.132. The van der Waals surface area contributed by atoms with Gasteiger partial charge in [-0.15, -0.1) is 0 Å². The first-order valence-electron chi connectivity index (χ1n) is 4.35. The molecule has 0 aliphatic heterocycles. The summed E-state index contributed by atoms with van der Waals surface area (Å²) in [5.41, 5.74) is 0. The molecule has 2 unspecified atom stereocenters. The molecule has 1 rings (SSSR count). The highest BCUT2D eigenvalue weighted by molar-refractivity contribution is 9.10. The van der Waals surface area contributed by atoms with Gasteiger partial charge in [-0.05, 0) is 35.0 Å². The third-order valence-corrected chi connectivity index (χ3v) is 3.05. The van der Waals surface area contributed by atoms with Gasteiger partial charge in [-0.3, -0.25) is 9.00 Å². The van der Waals surface area contributed by atoms with Gasteiger partial charge in [-0.2, -0.15) is 0 Å². The zero-order chi connectivity index (χ0) is 11.4. The van der Waals surface area contributed by atoms with Crippen LogP contribution in [0.4, 0.5) is 0 Å². The van der Waals surface area contributed by atoms with Gasteiger partial charge in [-0.25, -0.2) is 0 Å². The Kier molecular flexibility index (Phi) is 4.53. The Morgan fingerprint density at radius 3 is 2.80 bits per heavy atom. The highest BCUT2D eigenvalue weighted by atomic mass is 79.9. The molecular formula is C9H12BrNO3S. The second-order valence-corrected chi connectivity index (χ2v) is 5.48. The van der Waals surface area contributed by atoms with Gasteiger partial charge < -0.3 is 9.73 Å². The zero-order valence-corrected chi connectivity index (χ0v) is 10.9. The van der Waals surface area contributed by atoms with Crippen molar-refractivity contribution in [3.05, 3.63) is 22.6 Å². The van der Waals surface area contributed by atoms with Crippen LogP contribution in [0.2, 0.25) is 0 Å². The Hall–Kier alpha value is -0.620. The topological polar surface area (TPSA) is 59.3 Å². The molecule has 0 fully saturated rings. The summed E-state index contributed by atoms with van der Waals surface area (Å²) >= 11 is 3.11. The van der Waals surface area contributed by atoms with Crippen molar-refractivity contribution in [2.24, 2.45) is 0 Å². The molecule has 84 valence electrons. The van der Waals surface area contributed by atoms with Crippen LogP contribution in [0.15, 0.2) is 21.2 Å². The van der Waals surface area contributed by atoms with Crippen LogP contribution in [-0.4, -0.2) is 28.2 Å². The van der Waals surface area contributed by atoms with Crippen LogP contribution in [0.1, 0.15) is 17.5 Å². The Bertz CT molecular complexity index is 377. The Morgan fingerprint density at radius 1 is 1.67 bits per heavy atom. The zero-order valence-electron chi connectivity index (χ0n) is 8.45. The molecule has 0 aromatic carbocycles. The van der Waals surface area contributed by atoms with Crippen LogP contribution in [0.3, 0.4) is 0 Å². The normalized spacial score (nSPS) is 14.6. The summed E-state index contributed by atoms with van der Waals surface area (Å²) in [5.74, 6) is 0.391. The minimum atomic E-state index is -0.918. The van der Waals surface area contributed by atoms with E-state index in [2.05, 4.69) is 21.2 Å². The first-order valence-corrected chi connectivity index (χ1v) is 6.87. The first kappa shape index (κ1) is 12.4.